The van der Waals surface area contributed by atoms with Gasteiger partial charge < -0.3 is 10.1 Å². The topological polar surface area (TPSA) is 86.5 Å². The van der Waals surface area contributed by atoms with Crippen LogP contribution in [0.3, 0.4) is 0 Å². The second-order valence-electron chi connectivity index (χ2n) is 5.18. The van der Waals surface area contributed by atoms with Gasteiger partial charge in [0.05, 0.1) is 16.3 Å². The van der Waals surface area contributed by atoms with Crippen molar-refractivity contribution in [3.05, 3.63) is 62.9 Å². The minimum Gasteiger partial charge on any atom is -0.330 e. The van der Waals surface area contributed by atoms with E-state index in [0.717, 1.165) is 39.9 Å². The molecule has 23 heavy (non-hydrogen) atoms. The van der Waals surface area contributed by atoms with Gasteiger partial charge in [0.25, 0.3) is 5.69 Å². The normalized spacial score (nSPS) is 11.0. The Hall–Kier alpha value is -2.25. The molecule has 3 rings (SSSR count). The monoisotopic (exact) mass is 374 g/mol. The molecule has 7 heteroatoms. The summed E-state index contributed by atoms with van der Waals surface area (Å²) in [5.74, 6) is 0. The molecule has 6 nitrogen and oxygen atoms in total. The van der Waals surface area contributed by atoms with Gasteiger partial charge in [-0.1, -0.05) is 12.1 Å². The van der Waals surface area contributed by atoms with E-state index >= 15 is 0 Å². The highest BCUT2D eigenvalue weighted by atomic mass is 79.9. The summed E-state index contributed by atoms with van der Waals surface area (Å²) in [6, 6.07) is 10.4. The molecule has 1 aromatic carbocycles. The van der Waals surface area contributed by atoms with Crippen molar-refractivity contribution in [3.63, 3.8) is 0 Å². The first-order valence-corrected chi connectivity index (χ1v) is 8.01. The lowest BCUT2D eigenvalue weighted by atomic mass is 10.1. The van der Waals surface area contributed by atoms with Gasteiger partial charge in [0.15, 0.2) is 0 Å². The van der Waals surface area contributed by atoms with Gasteiger partial charge in [-0.3, -0.25) is 10.1 Å². The highest BCUT2D eigenvalue weighted by Gasteiger charge is 2.16. The summed E-state index contributed by atoms with van der Waals surface area (Å²) in [6.45, 7) is 0.579. The first-order chi connectivity index (χ1) is 11.1. The van der Waals surface area contributed by atoms with E-state index in [-0.39, 0.29) is 5.69 Å². The van der Waals surface area contributed by atoms with Crippen LogP contribution in [0.4, 0.5) is 5.69 Å². The smallest absolute Gasteiger partial charge is 0.270 e. The first-order valence-electron chi connectivity index (χ1n) is 7.21. The Labute approximate surface area is 141 Å². The van der Waals surface area contributed by atoms with E-state index in [4.69, 9.17) is 5.73 Å². The summed E-state index contributed by atoms with van der Waals surface area (Å²) in [7, 11) is 0. The lowest BCUT2D eigenvalue weighted by Crippen LogP contribution is -2.03. The van der Waals surface area contributed by atoms with Crippen LogP contribution in [0, 0.1) is 10.1 Å². The molecule has 0 aliphatic heterocycles. The Morgan fingerprint density at radius 3 is 2.87 bits per heavy atom. The minimum absolute atomic E-state index is 0.0607. The van der Waals surface area contributed by atoms with Gasteiger partial charge in [-0.2, -0.15) is 0 Å². The Bertz CT molecular complexity index is 876. The summed E-state index contributed by atoms with van der Waals surface area (Å²) in [5.41, 5.74) is 9.02. The molecule has 3 aromatic rings. The predicted molar refractivity (Wildman–Crippen MR) is 92.4 cm³/mol. The summed E-state index contributed by atoms with van der Waals surface area (Å²) in [4.78, 5) is 15.3. The predicted octanol–water partition coefficient (Wildman–Crippen LogP) is 3.56. The molecule has 0 fully saturated rings. The van der Waals surface area contributed by atoms with E-state index in [0.29, 0.717) is 6.54 Å². The number of hydrogen-bond acceptors (Lipinski definition) is 4. The van der Waals surface area contributed by atoms with Crippen molar-refractivity contribution in [2.75, 3.05) is 6.54 Å². The average Bonchev–Trinajstić information content (AvgIpc) is 2.90. The number of aryl methyl sites for hydroxylation is 1. The maximum Gasteiger partial charge on any atom is 0.270 e. The van der Waals surface area contributed by atoms with E-state index in [1.54, 1.807) is 12.1 Å². The summed E-state index contributed by atoms with van der Waals surface area (Å²) in [6.07, 6.45) is 3.53. The quantitative estimate of drug-likeness (QED) is 0.546. The molecule has 0 unspecified atom stereocenters. The Morgan fingerprint density at radius 1 is 1.30 bits per heavy atom. The SMILES string of the molecule is NCCCc1c(-c2cccc([N+](=O)[O-])c2)nc2ccc(Br)cn12. The third-order valence-electron chi connectivity index (χ3n) is 3.63. The van der Waals surface area contributed by atoms with Crippen LogP contribution in [0.2, 0.25) is 0 Å². The zero-order valence-electron chi connectivity index (χ0n) is 12.3. The maximum atomic E-state index is 11.0. The number of nitro groups is 1. The van der Waals surface area contributed by atoms with Crippen LogP contribution >= 0.6 is 15.9 Å². The van der Waals surface area contributed by atoms with Gasteiger partial charge in [-0.05, 0) is 47.4 Å². The second-order valence-corrected chi connectivity index (χ2v) is 6.10. The number of nitrogens with zero attached hydrogens (tertiary/aromatic N) is 3. The number of halogens is 1. The Balaban J connectivity index is 2.19. The molecule has 0 bridgehead atoms. The standard InChI is InChI=1S/C16H15BrN4O2/c17-12-6-7-15-19-16(14(5-2-8-18)20(15)10-12)11-3-1-4-13(9-11)21(22)23/h1,3-4,6-7,9-10H,2,5,8,18H2. The molecular formula is C16H15BrN4O2. The number of hydrogen-bond donors (Lipinski definition) is 1. The average molecular weight is 375 g/mol. The number of imidazole rings is 1. The van der Waals surface area contributed by atoms with E-state index in [1.165, 1.54) is 6.07 Å². The van der Waals surface area contributed by atoms with Crippen LogP contribution in [-0.2, 0) is 6.42 Å². The number of rotatable bonds is 5. The molecule has 0 aliphatic rings. The first kappa shape index (κ1) is 15.6. The molecule has 0 amide bonds. The van der Waals surface area contributed by atoms with Crippen LogP contribution in [0.1, 0.15) is 12.1 Å². The summed E-state index contributed by atoms with van der Waals surface area (Å²) >= 11 is 3.47. The molecule has 0 radical (unpaired) electrons. The van der Waals surface area contributed by atoms with Crippen molar-refractivity contribution in [2.24, 2.45) is 5.73 Å². The number of aromatic nitrogens is 2. The number of fused-ring (bicyclic) bond motifs is 1. The Morgan fingerprint density at radius 2 is 2.13 bits per heavy atom. The molecule has 2 aromatic heterocycles. The summed E-state index contributed by atoms with van der Waals surface area (Å²) < 4.78 is 2.95. The molecule has 0 saturated carbocycles. The fourth-order valence-electron chi connectivity index (χ4n) is 2.57. The van der Waals surface area contributed by atoms with Gasteiger partial charge in [-0.25, -0.2) is 4.98 Å². The third-order valence-corrected chi connectivity index (χ3v) is 4.10. The molecule has 0 saturated heterocycles. The molecule has 2 heterocycles. The van der Waals surface area contributed by atoms with Crippen molar-refractivity contribution in [3.8, 4) is 11.3 Å². The minimum atomic E-state index is -0.393. The van der Waals surface area contributed by atoms with Crippen molar-refractivity contribution >= 4 is 27.3 Å². The van der Waals surface area contributed by atoms with Crippen molar-refractivity contribution in [1.82, 2.24) is 9.38 Å². The third kappa shape index (κ3) is 3.11. The number of nitrogens with two attached hydrogens (primary N) is 1. The van der Waals surface area contributed by atoms with Crippen LogP contribution in [0.5, 0.6) is 0 Å². The van der Waals surface area contributed by atoms with Gasteiger partial charge in [0.2, 0.25) is 0 Å². The maximum absolute atomic E-state index is 11.0. The van der Waals surface area contributed by atoms with Gasteiger partial charge in [0, 0.05) is 28.4 Å². The molecule has 0 spiro atoms. The largest absolute Gasteiger partial charge is 0.330 e. The summed E-state index contributed by atoms with van der Waals surface area (Å²) in [5, 5.41) is 11.0. The zero-order chi connectivity index (χ0) is 16.4. The van der Waals surface area contributed by atoms with Gasteiger partial charge in [0.1, 0.15) is 5.65 Å². The van der Waals surface area contributed by atoms with Crippen molar-refractivity contribution in [1.29, 1.82) is 0 Å². The molecule has 0 aliphatic carbocycles. The van der Waals surface area contributed by atoms with Crippen molar-refractivity contribution < 1.29 is 4.92 Å². The highest BCUT2D eigenvalue weighted by Crippen LogP contribution is 2.29. The fraction of sp³-hybridized carbons (Fsp3) is 0.188. The highest BCUT2D eigenvalue weighted by molar-refractivity contribution is 9.10. The van der Waals surface area contributed by atoms with Gasteiger partial charge in [-0.15, -0.1) is 0 Å². The molecule has 118 valence electrons. The molecular weight excluding hydrogens is 360 g/mol. The lowest BCUT2D eigenvalue weighted by molar-refractivity contribution is -0.384. The molecule has 2 N–H and O–H groups in total. The van der Waals surface area contributed by atoms with E-state index in [2.05, 4.69) is 20.9 Å². The van der Waals surface area contributed by atoms with Crippen LogP contribution in [0.15, 0.2) is 47.1 Å². The lowest BCUT2D eigenvalue weighted by Gasteiger charge is -2.05. The van der Waals surface area contributed by atoms with Gasteiger partial charge >= 0.3 is 0 Å². The van der Waals surface area contributed by atoms with E-state index in [1.807, 2.05) is 28.8 Å². The Kier molecular flexibility index (Phi) is 4.40. The van der Waals surface area contributed by atoms with Crippen molar-refractivity contribution in [2.45, 2.75) is 12.8 Å². The number of benzene rings is 1. The number of nitro benzene ring substituents is 1. The zero-order valence-corrected chi connectivity index (χ0v) is 13.9. The number of non-ortho nitro benzene ring substituents is 1. The number of pyridine rings is 1. The van der Waals surface area contributed by atoms with Crippen LogP contribution in [-0.4, -0.2) is 20.9 Å². The van der Waals surface area contributed by atoms with Crippen LogP contribution in [0.25, 0.3) is 16.9 Å². The van der Waals surface area contributed by atoms with E-state index < -0.39 is 4.92 Å². The van der Waals surface area contributed by atoms with Crippen LogP contribution < -0.4 is 5.73 Å². The molecule has 0 atom stereocenters. The fourth-order valence-corrected chi connectivity index (χ4v) is 2.91. The second kappa shape index (κ2) is 6.47. The van der Waals surface area contributed by atoms with E-state index in [9.17, 15) is 10.1 Å².